The molecule has 0 saturated carbocycles. The molecule has 0 aromatic rings. The van der Waals surface area contributed by atoms with Crippen LogP contribution < -0.4 is 0 Å². The third-order valence-electron chi connectivity index (χ3n) is 2.05. The lowest BCUT2D eigenvalue weighted by atomic mass is 9.98. The molecule has 0 heterocycles. The maximum atomic E-state index is 9.53. The van der Waals surface area contributed by atoms with Crippen LogP contribution in [0, 0.1) is 0 Å². The second-order valence-corrected chi connectivity index (χ2v) is 3.70. The molecular formula is C9H20O4. The van der Waals surface area contributed by atoms with Crippen molar-refractivity contribution in [1.29, 1.82) is 0 Å². The van der Waals surface area contributed by atoms with Crippen LogP contribution in [0.1, 0.15) is 33.6 Å². The molecule has 1 unspecified atom stereocenters. The van der Waals surface area contributed by atoms with Crippen LogP contribution in [0.3, 0.4) is 0 Å². The maximum absolute atomic E-state index is 9.53. The smallest absolute Gasteiger partial charge is 0.191 e. The van der Waals surface area contributed by atoms with E-state index in [1.54, 1.807) is 0 Å². The van der Waals surface area contributed by atoms with Crippen molar-refractivity contribution in [3.8, 4) is 0 Å². The van der Waals surface area contributed by atoms with E-state index in [1.165, 1.54) is 6.92 Å². The fourth-order valence-corrected chi connectivity index (χ4v) is 0.654. The van der Waals surface area contributed by atoms with E-state index < -0.39 is 11.4 Å². The molecule has 0 spiro atoms. The lowest BCUT2D eigenvalue weighted by Gasteiger charge is -2.33. The highest BCUT2D eigenvalue weighted by atomic mass is 16.5. The number of unbranched alkanes of at least 4 members (excludes halogenated alkanes) is 1. The van der Waals surface area contributed by atoms with Crippen molar-refractivity contribution in [2.45, 2.75) is 45.0 Å². The number of aliphatic hydroxyl groups is 3. The van der Waals surface area contributed by atoms with Gasteiger partial charge in [0, 0.05) is 6.61 Å². The normalized spacial score (nSPS) is 17.1. The van der Waals surface area contributed by atoms with Gasteiger partial charge in [-0.05, 0) is 20.3 Å². The van der Waals surface area contributed by atoms with Crippen LogP contribution in [0.25, 0.3) is 0 Å². The molecule has 0 aliphatic heterocycles. The summed E-state index contributed by atoms with van der Waals surface area (Å²) >= 11 is 0. The van der Waals surface area contributed by atoms with Crippen LogP contribution in [0.15, 0.2) is 0 Å². The van der Waals surface area contributed by atoms with Gasteiger partial charge in [0.1, 0.15) is 5.60 Å². The molecule has 0 saturated heterocycles. The minimum absolute atomic E-state index is 0.0729. The van der Waals surface area contributed by atoms with Crippen LogP contribution >= 0.6 is 0 Å². The molecular weight excluding hydrogens is 172 g/mol. The SMILES string of the molecule is CCCCOCC(C)(O)C(C)(O)O. The van der Waals surface area contributed by atoms with Gasteiger partial charge in [0.25, 0.3) is 0 Å². The zero-order chi connectivity index (χ0) is 10.5. The van der Waals surface area contributed by atoms with Crippen molar-refractivity contribution >= 4 is 0 Å². The summed E-state index contributed by atoms with van der Waals surface area (Å²) in [6.07, 6.45) is 1.92. The molecule has 80 valence electrons. The van der Waals surface area contributed by atoms with Gasteiger partial charge < -0.3 is 20.1 Å². The third kappa shape index (κ3) is 4.57. The summed E-state index contributed by atoms with van der Waals surface area (Å²) in [4.78, 5) is 0. The van der Waals surface area contributed by atoms with Gasteiger partial charge in [-0.25, -0.2) is 0 Å². The summed E-state index contributed by atoms with van der Waals surface area (Å²) in [6, 6.07) is 0. The van der Waals surface area contributed by atoms with Crippen LogP contribution in [0.4, 0.5) is 0 Å². The molecule has 0 aromatic carbocycles. The number of rotatable bonds is 6. The molecule has 3 N–H and O–H groups in total. The van der Waals surface area contributed by atoms with Gasteiger partial charge in [0.2, 0.25) is 0 Å². The maximum Gasteiger partial charge on any atom is 0.191 e. The van der Waals surface area contributed by atoms with E-state index in [9.17, 15) is 5.11 Å². The van der Waals surface area contributed by atoms with Crippen LogP contribution in [0.2, 0.25) is 0 Å². The molecule has 0 amide bonds. The standard InChI is InChI=1S/C9H20O4/c1-4-5-6-13-7-8(2,10)9(3,11)12/h10-12H,4-7H2,1-3H3. The molecule has 0 aromatic heterocycles. The molecule has 0 aliphatic rings. The molecule has 4 heteroatoms. The summed E-state index contributed by atoms with van der Waals surface area (Å²) in [5.74, 6) is -2.13. The van der Waals surface area contributed by atoms with E-state index in [-0.39, 0.29) is 6.61 Å². The predicted molar refractivity (Wildman–Crippen MR) is 49.2 cm³/mol. The number of hydrogen-bond donors (Lipinski definition) is 3. The van der Waals surface area contributed by atoms with Crippen molar-refractivity contribution in [3.63, 3.8) is 0 Å². The van der Waals surface area contributed by atoms with Crippen molar-refractivity contribution in [3.05, 3.63) is 0 Å². The average Bonchev–Trinajstić information content (AvgIpc) is 1.96. The largest absolute Gasteiger partial charge is 0.382 e. The molecule has 4 nitrogen and oxygen atoms in total. The van der Waals surface area contributed by atoms with Gasteiger partial charge in [0.15, 0.2) is 5.79 Å². The topological polar surface area (TPSA) is 69.9 Å². The van der Waals surface area contributed by atoms with E-state index in [0.29, 0.717) is 6.61 Å². The predicted octanol–water partition coefficient (Wildman–Crippen LogP) is 0.255. The minimum atomic E-state index is -2.13. The summed E-state index contributed by atoms with van der Waals surface area (Å²) in [6.45, 7) is 4.96. The third-order valence-corrected chi connectivity index (χ3v) is 2.05. The van der Waals surface area contributed by atoms with E-state index >= 15 is 0 Å². The second-order valence-electron chi connectivity index (χ2n) is 3.70. The molecule has 0 bridgehead atoms. The van der Waals surface area contributed by atoms with Crippen LogP contribution in [-0.4, -0.2) is 39.9 Å². The Labute approximate surface area is 79.2 Å². The van der Waals surface area contributed by atoms with Gasteiger partial charge in [-0.2, -0.15) is 0 Å². The first-order valence-electron chi connectivity index (χ1n) is 4.56. The van der Waals surface area contributed by atoms with Crippen LogP contribution in [0.5, 0.6) is 0 Å². The highest BCUT2D eigenvalue weighted by molar-refractivity contribution is 4.84. The Hall–Kier alpha value is -0.160. The number of ether oxygens (including phenoxy) is 1. The van der Waals surface area contributed by atoms with E-state index in [0.717, 1.165) is 19.8 Å². The molecule has 0 fully saturated rings. The van der Waals surface area contributed by atoms with E-state index in [4.69, 9.17) is 14.9 Å². The zero-order valence-corrected chi connectivity index (χ0v) is 8.58. The zero-order valence-electron chi connectivity index (χ0n) is 8.58. The van der Waals surface area contributed by atoms with E-state index in [2.05, 4.69) is 0 Å². The average molecular weight is 192 g/mol. The summed E-state index contributed by atoms with van der Waals surface area (Å²) in [5, 5.41) is 27.8. The van der Waals surface area contributed by atoms with Crippen molar-refractivity contribution < 1.29 is 20.1 Å². The Morgan fingerprint density at radius 3 is 2.08 bits per heavy atom. The van der Waals surface area contributed by atoms with E-state index in [1.807, 2.05) is 6.92 Å². The van der Waals surface area contributed by atoms with Crippen molar-refractivity contribution in [1.82, 2.24) is 0 Å². The van der Waals surface area contributed by atoms with Gasteiger partial charge in [-0.15, -0.1) is 0 Å². The fraction of sp³-hybridized carbons (Fsp3) is 1.00. The second kappa shape index (κ2) is 4.91. The summed E-state index contributed by atoms with van der Waals surface area (Å²) in [7, 11) is 0. The molecule has 1 atom stereocenters. The Kier molecular flexibility index (Phi) is 4.85. The molecule has 13 heavy (non-hydrogen) atoms. The molecule has 0 aliphatic carbocycles. The Morgan fingerprint density at radius 1 is 1.15 bits per heavy atom. The van der Waals surface area contributed by atoms with Gasteiger partial charge in [0.05, 0.1) is 6.61 Å². The first-order valence-corrected chi connectivity index (χ1v) is 4.56. The lowest BCUT2D eigenvalue weighted by molar-refractivity contribution is -0.270. The monoisotopic (exact) mass is 192 g/mol. The molecule has 0 radical (unpaired) electrons. The quantitative estimate of drug-likeness (QED) is 0.417. The first kappa shape index (κ1) is 12.8. The molecule has 0 rings (SSSR count). The highest BCUT2D eigenvalue weighted by Crippen LogP contribution is 2.18. The Morgan fingerprint density at radius 2 is 1.69 bits per heavy atom. The minimum Gasteiger partial charge on any atom is -0.382 e. The summed E-state index contributed by atoms with van der Waals surface area (Å²) in [5.41, 5.74) is -1.62. The van der Waals surface area contributed by atoms with Crippen molar-refractivity contribution in [2.75, 3.05) is 13.2 Å². The van der Waals surface area contributed by atoms with Gasteiger partial charge in [-0.1, -0.05) is 13.3 Å². The fourth-order valence-electron chi connectivity index (χ4n) is 0.654. The van der Waals surface area contributed by atoms with Gasteiger partial charge >= 0.3 is 0 Å². The van der Waals surface area contributed by atoms with Crippen LogP contribution in [-0.2, 0) is 4.74 Å². The van der Waals surface area contributed by atoms with Crippen molar-refractivity contribution in [2.24, 2.45) is 0 Å². The highest BCUT2D eigenvalue weighted by Gasteiger charge is 2.40. The Balaban J connectivity index is 3.77. The summed E-state index contributed by atoms with van der Waals surface area (Å²) < 4.78 is 5.10. The first-order chi connectivity index (χ1) is 5.81. The number of hydrogen-bond acceptors (Lipinski definition) is 4. The Bertz CT molecular complexity index is 137. The van der Waals surface area contributed by atoms with Gasteiger partial charge in [-0.3, -0.25) is 0 Å². The lowest BCUT2D eigenvalue weighted by Crippen LogP contribution is -2.53.